The van der Waals surface area contributed by atoms with Crippen molar-refractivity contribution >= 4 is 15.9 Å². The van der Waals surface area contributed by atoms with E-state index in [9.17, 15) is 17.6 Å². The van der Waals surface area contributed by atoms with E-state index in [-0.39, 0.29) is 17.9 Å². The van der Waals surface area contributed by atoms with Crippen molar-refractivity contribution in [2.45, 2.75) is 26.4 Å². The van der Waals surface area contributed by atoms with Crippen LogP contribution in [0.3, 0.4) is 0 Å². The third kappa shape index (κ3) is 6.32. The molecule has 0 atom stereocenters. The molecule has 178 valence electrons. The molecule has 0 unspecified atom stereocenters. The summed E-state index contributed by atoms with van der Waals surface area (Å²) in [4.78, 5) is 16.3. The smallest absolute Gasteiger partial charge is 0.264 e. The van der Waals surface area contributed by atoms with E-state index in [1.807, 2.05) is 17.7 Å². The molecule has 1 fully saturated rings. The van der Waals surface area contributed by atoms with Crippen molar-refractivity contribution in [1.82, 2.24) is 9.71 Å². The lowest BCUT2D eigenvalue weighted by Gasteiger charge is -2.12. The van der Waals surface area contributed by atoms with Crippen LogP contribution in [0.25, 0.3) is 11.1 Å². The number of benzene rings is 2. The van der Waals surface area contributed by atoms with Crippen molar-refractivity contribution in [2.24, 2.45) is 5.92 Å². The molecule has 0 saturated heterocycles. The van der Waals surface area contributed by atoms with Crippen molar-refractivity contribution in [3.05, 3.63) is 77.2 Å². The Morgan fingerprint density at radius 3 is 2.47 bits per heavy atom. The highest BCUT2D eigenvalue weighted by Crippen LogP contribution is 2.32. The Bertz CT molecular complexity index is 1310. The van der Waals surface area contributed by atoms with Gasteiger partial charge in [0.15, 0.2) is 11.6 Å². The normalized spacial score (nSPS) is 13.4. The summed E-state index contributed by atoms with van der Waals surface area (Å²) < 4.78 is 50.1. The van der Waals surface area contributed by atoms with Crippen molar-refractivity contribution in [3.8, 4) is 22.8 Å². The predicted molar refractivity (Wildman–Crippen MR) is 126 cm³/mol. The number of hydrogen-bond acceptors (Lipinski definition) is 6. The Balaban J connectivity index is 1.42. The first-order chi connectivity index (χ1) is 16.2. The Morgan fingerprint density at radius 2 is 1.82 bits per heavy atom. The number of hydrogen-bond donors (Lipinski definition) is 1. The minimum Gasteiger partial charge on any atom is -0.486 e. The summed E-state index contributed by atoms with van der Waals surface area (Å²) in [5.41, 5.74) is 3.37. The van der Waals surface area contributed by atoms with Gasteiger partial charge in [-0.25, -0.2) is 22.5 Å². The number of ether oxygens (including phenoxy) is 2. The first-order valence-electron chi connectivity index (χ1n) is 10.8. The van der Waals surface area contributed by atoms with E-state index >= 15 is 0 Å². The van der Waals surface area contributed by atoms with E-state index in [1.54, 1.807) is 30.5 Å². The minimum atomic E-state index is -3.65. The van der Waals surface area contributed by atoms with Gasteiger partial charge in [0.2, 0.25) is 15.9 Å². The van der Waals surface area contributed by atoms with Gasteiger partial charge in [0, 0.05) is 22.9 Å². The second-order valence-corrected chi connectivity index (χ2v) is 10.2. The standard InChI is InChI=1S/C25H25FN2O5S/c1-16-11-21(13-27-25(16)33-15-17-3-4-17)20-9-10-22(26)23(12-20)32-14-18-5-7-19(8-6-18)24(29)28-34(2,30)31/h5-13,17H,3-4,14-15H2,1-2H3,(H,28,29). The molecule has 1 aliphatic carbocycles. The van der Waals surface area contributed by atoms with E-state index in [0.29, 0.717) is 24.0 Å². The molecule has 3 aromatic rings. The molecule has 0 spiro atoms. The molecular weight excluding hydrogens is 459 g/mol. The summed E-state index contributed by atoms with van der Waals surface area (Å²) in [5.74, 6) is 0.119. The summed E-state index contributed by atoms with van der Waals surface area (Å²) >= 11 is 0. The van der Waals surface area contributed by atoms with Crippen LogP contribution in [0.15, 0.2) is 54.7 Å². The molecule has 2 aromatic carbocycles. The number of pyridine rings is 1. The Hall–Kier alpha value is -3.46. The van der Waals surface area contributed by atoms with Gasteiger partial charge in [-0.05, 0) is 67.1 Å². The summed E-state index contributed by atoms with van der Waals surface area (Å²) in [6.07, 6.45) is 5.02. The lowest BCUT2D eigenvalue weighted by atomic mass is 10.1. The highest BCUT2D eigenvalue weighted by atomic mass is 32.2. The largest absolute Gasteiger partial charge is 0.486 e. The van der Waals surface area contributed by atoms with Gasteiger partial charge in [-0.1, -0.05) is 18.2 Å². The highest BCUT2D eigenvalue weighted by molar-refractivity contribution is 7.89. The van der Waals surface area contributed by atoms with Crippen LogP contribution in [0, 0.1) is 18.7 Å². The fraction of sp³-hybridized carbons (Fsp3) is 0.280. The summed E-state index contributed by atoms with van der Waals surface area (Å²) in [6.45, 7) is 2.68. The van der Waals surface area contributed by atoms with Gasteiger partial charge in [-0.2, -0.15) is 0 Å². The van der Waals surface area contributed by atoms with Gasteiger partial charge in [0.25, 0.3) is 5.91 Å². The molecule has 4 rings (SSSR count). The number of rotatable bonds is 9. The number of aromatic nitrogens is 1. The lowest BCUT2D eigenvalue weighted by Crippen LogP contribution is -2.29. The fourth-order valence-electron chi connectivity index (χ4n) is 3.29. The molecule has 1 amide bonds. The highest BCUT2D eigenvalue weighted by Gasteiger charge is 2.22. The van der Waals surface area contributed by atoms with Crippen molar-refractivity contribution < 1.29 is 27.1 Å². The van der Waals surface area contributed by atoms with Crippen LogP contribution >= 0.6 is 0 Å². The molecule has 1 aromatic heterocycles. The van der Waals surface area contributed by atoms with Gasteiger partial charge in [0.1, 0.15) is 6.61 Å². The lowest BCUT2D eigenvalue weighted by molar-refractivity contribution is 0.0981. The van der Waals surface area contributed by atoms with Crippen LogP contribution in [0.1, 0.15) is 34.3 Å². The Morgan fingerprint density at radius 1 is 1.09 bits per heavy atom. The van der Waals surface area contributed by atoms with Gasteiger partial charge in [0.05, 0.1) is 12.9 Å². The Kier molecular flexibility index (Phi) is 6.83. The van der Waals surface area contributed by atoms with E-state index < -0.39 is 21.7 Å². The quantitative estimate of drug-likeness (QED) is 0.488. The zero-order valence-electron chi connectivity index (χ0n) is 18.9. The molecule has 9 heteroatoms. The molecule has 7 nitrogen and oxygen atoms in total. The maximum Gasteiger partial charge on any atom is 0.264 e. The van der Waals surface area contributed by atoms with E-state index in [1.165, 1.54) is 31.0 Å². The average molecular weight is 485 g/mol. The SMILES string of the molecule is Cc1cc(-c2ccc(F)c(OCc3ccc(C(=O)NS(C)(=O)=O)cc3)c2)cnc1OCC1CC1. The number of carbonyl (C=O) groups is 1. The first-order valence-corrected chi connectivity index (χ1v) is 12.7. The minimum absolute atomic E-state index is 0.0690. The van der Waals surface area contributed by atoms with Crippen LogP contribution in [-0.2, 0) is 16.6 Å². The number of halogens is 1. The van der Waals surface area contributed by atoms with E-state index in [2.05, 4.69) is 4.98 Å². The maximum atomic E-state index is 14.4. The predicted octanol–water partition coefficient (Wildman–Crippen LogP) is 4.25. The van der Waals surface area contributed by atoms with Gasteiger partial charge in [-0.3, -0.25) is 4.79 Å². The maximum absolute atomic E-state index is 14.4. The molecule has 0 radical (unpaired) electrons. The number of aryl methyl sites for hydroxylation is 1. The van der Waals surface area contributed by atoms with Crippen LogP contribution in [-0.4, -0.2) is 32.2 Å². The van der Waals surface area contributed by atoms with Crippen molar-refractivity contribution in [2.75, 3.05) is 12.9 Å². The van der Waals surface area contributed by atoms with Gasteiger partial charge in [-0.15, -0.1) is 0 Å². The fourth-order valence-corrected chi connectivity index (χ4v) is 3.74. The van der Waals surface area contributed by atoms with Gasteiger partial charge >= 0.3 is 0 Å². The number of nitrogens with zero attached hydrogens (tertiary/aromatic N) is 1. The summed E-state index contributed by atoms with van der Waals surface area (Å²) in [7, 11) is -3.65. The van der Waals surface area contributed by atoms with Crippen LogP contribution in [0.2, 0.25) is 0 Å². The molecule has 0 bridgehead atoms. The monoisotopic (exact) mass is 484 g/mol. The second kappa shape index (κ2) is 9.80. The van der Waals surface area contributed by atoms with Crippen LogP contribution in [0.4, 0.5) is 4.39 Å². The van der Waals surface area contributed by atoms with Gasteiger partial charge < -0.3 is 9.47 Å². The summed E-state index contributed by atoms with van der Waals surface area (Å²) in [6, 6.07) is 12.8. The van der Waals surface area contributed by atoms with Crippen molar-refractivity contribution in [3.63, 3.8) is 0 Å². The molecule has 1 N–H and O–H groups in total. The van der Waals surface area contributed by atoms with E-state index in [4.69, 9.17) is 9.47 Å². The molecular formula is C25H25FN2O5S. The third-order valence-corrected chi connectivity index (χ3v) is 5.89. The second-order valence-electron chi connectivity index (χ2n) is 8.43. The molecule has 1 heterocycles. The van der Waals surface area contributed by atoms with Crippen LogP contribution in [0.5, 0.6) is 11.6 Å². The number of sulfonamides is 1. The third-order valence-electron chi connectivity index (χ3n) is 5.34. The van der Waals surface area contributed by atoms with Crippen molar-refractivity contribution in [1.29, 1.82) is 0 Å². The summed E-state index contributed by atoms with van der Waals surface area (Å²) in [5, 5.41) is 0. The zero-order chi connectivity index (χ0) is 24.3. The number of amides is 1. The number of carbonyl (C=O) groups excluding carboxylic acids is 1. The zero-order valence-corrected chi connectivity index (χ0v) is 19.7. The number of nitrogens with one attached hydrogen (secondary N) is 1. The topological polar surface area (TPSA) is 94.6 Å². The molecule has 1 aliphatic rings. The van der Waals surface area contributed by atoms with E-state index in [0.717, 1.165) is 22.9 Å². The molecule has 1 saturated carbocycles. The molecule has 34 heavy (non-hydrogen) atoms. The van der Waals surface area contributed by atoms with Crippen LogP contribution < -0.4 is 14.2 Å². The Labute approximate surface area is 198 Å². The molecule has 0 aliphatic heterocycles. The average Bonchev–Trinajstić information content (AvgIpc) is 3.61. The first kappa shape index (κ1) is 23.7.